The highest BCUT2D eigenvalue weighted by atomic mass is 16.3. The van der Waals surface area contributed by atoms with E-state index in [1.165, 1.54) is 0 Å². The van der Waals surface area contributed by atoms with E-state index in [0.29, 0.717) is 5.69 Å². The molecule has 1 N–H and O–H groups in total. The molecule has 3 heteroatoms. The standard InChI is InChI=1S/C15H12N2O/c18-10-12-5-3-7-14(16-12)15-9-8-11-4-1-2-6-13(11)17-15/h1-9,18H,10H2. The molecule has 3 rings (SSSR count). The molecule has 0 aliphatic rings. The Bertz CT molecular complexity index is 695. The van der Waals surface area contributed by atoms with Gasteiger partial charge < -0.3 is 5.11 Å². The summed E-state index contributed by atoms with van der Waals surface area (Å²) in [6.07, 6.45) is 0. The lowest BCUT2D eigenvalue weighted by molar-refractivity contribution is 0.277. The Morgan fingerprint density at radius 1 is 0.778 bits per heavy atom. The first-order chi connectivity index (χ1) is 8.86. The normalized spacial score (nSPS) is 10.7. The van der Waals surface area contributed by atoms with Crippen LogP contribution in [0.3, 0.4) is 0 Å². The number of hydrogen-bond acceptors (Lipinski definition) is 3. The second-order valence-electron chi connectivity index (χ2n) is 4.06. The fraction of sp³-hybridized carbons (Fsp3) is 0.0667. The van der Waals surface area contributed by atoms with Gasteiger partial charge in [0.1, 0.15) is 0 Å². The predicted molar refractivity (Wildman–Crippen MR) is 70.9 cm³/mol. The van der Waals surface area contributed by atoms with Crippen LogP contribution in [0.25, 0.3) is 22.3 Å². The van der Waals surface area contributed by atoms with Gasteiger partial charge in [0.15, 0.2) is 0 Å². The van der Waals surface area contributed by atoms with Crippen molar-refractivity contribution in [3.63, 3.8) is 0 Å². The summed E-state index contributed by atoms with van der Waals surface area (Å²) >= 11 is 0. The smallest absolute Gasteiger partial charge is 0.0894 e. The van der Waals surface area contributed by atoms with E-state index in [-0.39, 0.29) is 6.61 Å². The van der Waals surface area contributed by atoms with Crippen molar-refractivity contribution in [2.45, 2.75) is 6.61 Å². The van der Waals surface area contributed by atoms with Gasteiger partial charge >= 0.3 is 0 Å². The van der Waals surface area contributed by atoms with Crippen LogP contribution in [0.4, 0.5) is 0 Å². The highest BCUT2D eigenvalue weighted by Gasteiger charge is 2.03. The molecule has 1 aromatic carbocycles. The molecule has 0 amide bonds. The highest BCUT2D eigenvalue weighted by Crippen LogP contribution is 2.19. The van der Waals surface area contributed by atoms with E-state index in [1.807, 2.05) is 48.5 Å². The molecular weight excluding hydrogens is 224 g/mol. The van der Waals surface area contributed by atoms with E-state index >= 15 is 0 Å². The van der Waals surface area contributed by atoms with Gasteiger partial charge in [-0.3, -0.25) is 0 Å². The molecule has 0 aliphatic heterocycles. The van der Waals surface area contributed by atoms with Crippen molar-refractivity contribution in [3.05, 3.63) is 60.3 Å². The van der Waals surface area contributed by atoms with E-state index < -0.39 is 0 Å². The number of nitrogens with zero attached hydrogens (tertiary/aromatic N) is 2. The van der Waals surface area contributed by atoms with Crippen molar-refractivity contribution in [2.75, 3.05) is 0 Å². The van der Waals surface area contributed by atoms with Crippen LogP contribution in [0.2, 0.25) is 0 Å². The van der Waals surface area contributed by atoms with Crippen LogP contribution in [0, 0.1) is 0 Å². The number of benzene rings is 1. The SMILES string of the molecule is OCc1cccc(-c2ccc3ccccc3n2)n1. The lowest BCUT2D eigenvalue weighted by Crippen LogP contribution is -1.93. The summed E-state index contributed by atoms with van der Waals surface area (Å²) in [5.74, 6) is 0. The van der Waals surface area contributed by atoms with Crippen LogP contribution in [0.5, 0.6) is 0 Å². The van der Waals surface area contributed by atoms with Gasteiger partial charge in [0.05, 0.1) is 29.2 Å². The number of aromatic nitrogens is 2. The summed E-state index contributed by atoms with van der Waals surface area (Å²) in [7, 11) is 0. The molecule has 0 bridgehead atoms. The van der Waals surface area contributed by atoms with E-state index in [2.05, 4.69) is 9.97 Å². The van der Waals surface area contributed by atoms with E-state index in [0.717, 1.165) is 22.3 Å². The maximum atomic E-state index is 9.10. The summed E-state index contributed by atoms with van der Waals surface area (Å²) < 4.78 is 0. The minimum atomic E-state index is -0.0541. The summed E-state index contributed by atoms with van der Waals surface area (Å²) in [6, 6.07) is 17.5. The van der Waals surface area contributed by atoms with Crippen LogP contribution >= 0.6 is 0 Å². The Labute approximate surface area is 105 Å². The average Bonchev–Trinajstić information content (AvgIpc) is 2.47. The number of rotatable bonds is 2. The van der Waals surface area contributed by atoms with Crippen molar-refractivity contribution in [1.29, 1.82) is 0 Å². The van der Waals surface area contributed by atoms with Crippen LogP contribution < -0.4 is 0 Å². The lowest BCUT2D eigenvalue weighted by atomic mass is 10.1. The molecule has 0 saturated carbocycles. The van der Waals surface area contributed by atoms with Crippen molar-refractivity contribution in [3.8, 4) is 11.4 Å². The van der Waals surface area contributed by atoms with Gasteiger partial charge in [0.2, 0.25) is 0 Å². The minimum Gasteiger partial charge on any atom is -0.390 e. The largest absolute Gasteiger partial charge is 0.390 e. The van der Waals surface area contributed by atoms with Crippen LogP contribution in [0.1, 0.15) is 5.69 Å². The minimum absolute atomic E-state index is 0.0541. The Balaban J connectivity index is 2.13. The fourth-order valence-electron chi connectivity index (χ4n) is 1.92. The summed E-state index contributed by atoms with van der Waals surface area (Å²) in [4.78, 5) is 8.93. The maximum Gasteiger partial charge on any atom is 0.0894 e. The first-order valence-electron chi connectivity index (χ1n) is 5.80. The summed E-state index contributed by atoms with van der Waals surface area (Å²) in [5.41, 5.74) is 3.21. The lowest BCUT2D eigenvalue weighted by Gasteiger charge is -2.04. The zero-order valence-corrected chi connectivity index (χ0v) is 9.74. The molecule has 0 fully saturated rings. The monoisotopic (exact) mass is 236 g/mol. The molecule has 0 atom stereocenters. The number of fused-ring (bicyclic) bond motifs is 1. The number of aliphatic hydroxyl groups excluding tert-OH is 1. The molecule has 2 heterocycles. The number of hydrogen-bond donors (Lipinski definition) is 1. The third-order valence-electron chi connectivity index (χ3n) is 2.83. The molecule has 0 unspecified atom stereocenters. The molecule has 88 valence electrons. The van der Waals surface area contributed by atoms with Gasteiger partial charge in [-0.25, -0.2) is 9.97 Å². The van der Waals surface area contributed by atoms with E-state index in [1.54, 1.807) is 6.07 Å². The van der Waals surface area contributed by atoms with Crippen molar-refractivity contribution in [1.82, 2.24) is 9.97 Å². The molecule has 0 saturated heterocycles. The molecule has 3 aromatic rings. The number of para-hydroxylation sites is 1. The predicted octanol–water partition coefficient (Wildman–Crippen LogP) is 2.79. The van der Waals surface area contributed by atoms with Gasteiger partial charge in [0, 0.05) is 5.39 Å². The van der Waals surface area contributed by atoms with Crippen molar-refractivity contribution in [2.24, 2.45) is 0 Å². The van der Waals surface area contributed by atoms with Gasteiger partial charge in [-0.1, -0.05) is 30.3 Å². The summed E-state index contributed by atoms with van der Waals surface area (Å²) in [5, 5.41) is 10.2. The van der Waals surface area contributed by atoms with Crippen molar-refractivity contribution < 1.29 is 5.11 Å². The Morgan fingerprint density at radius 3 is 2.50 bits per heavy atom. The Morgan fingerprint density at radius 2 is 1.61 bits per heavy atom. The second-order valence-corrected chi connectivity index (χ2v) is 4.06. The van der Waals surface area contributed by atoms with Crippen LogP contribution in [0.15, 0.2) is 54.6 Å². The number of aliphatic hydroxyl groups is 1. The van der Waals surface area contributed by atoms with E-state index in [9.17, 15) is 0 Å². The number of pyridine rings is 2. The maximum absolute atomic E-state index is 9.10. The van der Waals surface area contributed by atoms with Crippen LogP contribution in [-0.4, -0.2) is 15.1 Å². The van der Waals surface area contributed by atoms with Crippen molar-refractivity contribution >= 4 is 10.9 Å². The molecule has 0 spiro atoms. The van der Waals surface area contributed by atoms with Gasteiger partial charge in [-0.15, -0.1) is 0 Å². The zero-order valence-electron chi connectivity index (χ0n) is 9.74. The molecular formula is C15H12N2O. The Kier molecular flexibility index (Phi) is 2.74. The first-order valence-corrected chi connectivity index (χ1v) is 5.80. The molecule has 2 aromatic heterocycles. The zero-order chi connectivity index (χ0) is 12.4. The van der Waals surface area contributed by atoms with Gasteiger partial charge in [0.25, 0.3) is 0 Å². The Hall–Kier alpha value is -2.26. The third-order valence-corrected chi connectivity index (χ3v) is 2.83. The molecule has 0 radical (unpaired) electrons. The first kappa shape index (κ1) is 10.9. The second kappa shape index (κ2) is 4.55. The summed E-state index contributed by atoms with van der Waals surface area (Å²) in [6.45, 7) is -0.0541. The van der Waals surface area contributed by atoms with Gasteiger partial charge in [-0.05, 0) is 24.3 Å². The average molecular weight is 236 g/mol. The third kappa shape index (κ3) is 1.96. The molecule has 3 nitrogen and oxygen atoms in total. The highest BCUT2D eigenvalue weighted by molar-refractivity contribution is 5.80. The fourth-order valence-corrected chi connectivity index (χ4v) is 1.92. The van der Waals surface area contributed by atoms with E-state index in [4.69, 9.17) is 5.11 Å². The van der Waals surface area contributed by atoms with Crippen LogP contribution in [-0.2, 0) is 6.61 Å². The molecule has 18 heavy (non-hydrogen) atoms. The van der Waals surface area contributed by atoms with Gasteiger partial charge in [-0.2, -0.15) is 0 Å². The molecule has 0 aliphatic carbocycles. The quantitative estimate of drug-likeness (QED) is 0.744. The topological polar surface area (TPSA) is 46.0 Å².